The van der Waals surface area contributed by atoms with Crippen LogP contribution < -0.4 is 15.8 Å². The fourth-order valence-corrected chi connectivity index (χ4v) is 3.14. The van der Waals surface area contributed by atoms with Crippen molar-refractivity contribution in [2.75, 3.05) is 0 Å². The first-order valence-electron chi connectivity index (χ1n) is 8.52. The van der Waals surface area contributed by atoms with Crippen LogP contribution in [-0.4, -0.2) is 28.6 Å². The van der Waals surface area contributed by atoms with E-state index in [0.717, 1.165) is 0 Å². The quantitative estimate of drug-likeness (QED) is 0.762. The van der Waals surface area contributed by atoms with Gasteiger partial charge in [-0.2, -0.15) is 0 Å². The van der Waals surface area contributed by atoms with Crippen LogP contribution in [0.25, 0.3) is 0 Å². The lowest BCUT2D eigenvalue weighted by atomic mass is 9.85. The Morgan fingerprint density at radius 2 is 1.89 bits per heavy atom. The third kappa shape index (κ3) is 3.93. The molecule has 0 aromatic heterocycles. The van der Waals surface area contributed by atoms with Gasteiger partial charge in [0.2, 0.25) is 5.91 Å². The number of primary amides is 1. The molecule has 4 N–H and O–H groups in total. The van der Waals surface area contributed by atoms with Gasteiger partial charge in [0.1, 0.15) is 23.3 Å². The van der Waals surface area contributed by atoms with Gasteiger partial charge in [0.25, 0.3) is 5.91 Å². The summed E-state index contributed by atoms with van der Waals surface area (Å²) < 4.78 is 18.9. The Labute approximate surface area is 156 Å². The number of ether oxygens (including phenoxy) is 1. The summed E-state index contributed by atoms with van der Waals surface area (Å²) in [6.45, 7) is 3.43. The van der Waals surface area contributed by atoms with Gasteiger partial charge >= 0.3 is 0 Å². The average molecular weight is 372 g/mol. The number of hydrogen-bond acceptors (Lipinski definition) is 4. The van der Waals surface area contributed by atoms with Gasteiger partial charge in [-0.05, 0) is 55.8 Å². The predicted molar refractivity (Wildman–Crippen MR) is 96.7 cm³/mol. The van der Waals surface area contributed by atoms with Gasteiger partial charge in [0.15, 0.2) is 0 Å². The SMILES string of the molecule is CC1(C)Oc2ccc(CC(N)=O)cc2C(NC(=O)c2ccc(F)cc2)C1O. The number of nitrogens with two attached hydrogens (primary N) is 1. The lowest BCUT2D eigenvalue weighted by molar-refractivity contribution is -0.117. The van der Waals surface area contributed by atoms with Crippen molar-refractivity contribution in [3.8, 4) is 5.75 Å². The van der Waals surface area contributed by atoms with E-state index in [-0.39, 0.29) is 12.0 Å². The van der Waals surface area contributed by atoms with Crippen molar-refractivity contribution in [3.05, 3.63) is 65.0 Å². The van der Waals surface area contributed by atoms with Crippen molar-refractivity contribution in [2.45, 2.75) is 38.0 Å². The van der Waals surface area contributed by atoms with E-state index in [1.165, 1.54) is 24.3 Å². The molecule has 1 aliphatic heterocycles. The molecule has 1 heterocycles. The van der Waals surface area contributed by atoms with E-state index in [4.69, 9.17) is 10.5 Å². The second kappa shape index (κ2) is 7.00. The van der Waals surface area contributed by atoms with Crippen molar-refractivity contribution in [1.82, 2.24) is 5.32 Å². The first kappa shape index (κ1) is 18.8. The Morgan fingerprint density at radius 1 is 1.22 bits per heavy atom. The molecular weight excluding hydrogens is 351 g/mol. The number of carbonyl (C=O) groups excluding carboxylic acids is 2. The van der Waals surface area contributed by atoms with Crippen molar-refractivity contribution < 1.29 is 23.8 Å². The van der Waals surface area contributed by atoms with Crippen molar-refractivity contribution in [3.63, 3.8) is 0 Å². The van der Waals surface area contributed by atoms with E-state index in [9.17, 15) is 19.1 Å². The van der Waals surface area contributed by atoms with Crippen LogP contribution in [0.1, 0.15) is 41.4 Å². The molecule has 2 unspecified atom stereocenters. The standard InChI is InChI=1S/C20H21FN2O4/c1-20(2)18(25)17(23-19(26)12-4-6-13(21)7-5-12)14-9-11(10-16(22)24)3-8-15(14)27-20/h3-9,17-18,25H,10H2,1-2H3,(H2,22,24)(H,23,26). The molecule has 7 heteroatoms. The molecule has 0 saturated heterocycles. The summed E-state index contributed by atoms with van der Waals surface area (Å²) in [6.07, 6.45) is -1.01. The third-order valence-corrected chi connectivity index (χ3v) is 4.58. The number of fused-ring (bicyclic) bond motifs is 1. The predicted octanol–water partition coefficient (Wildman–Crippen LogP) is 1.86. The number of nitrogens with one attached hydrogen (secondary N) is 1. The van der Waals surface area contributed by atoms with Crippen molar-refractivity contribution in [2.24, 2.45) is 5.73 Å². The highest BCUT2D eigenvalue weighted by atomic mass is 19.1. The number of halogens is 1. The number of hydrogen-bond donors (Lipinski definition) is 3. The largest absolute Gasteiger partial charge is 0.485 e. The number of aliphatic hydroxyl groups excluding tert-OH is 1. The zero-order valence-electron chi connectivity index (χ0n) is 15.0. The molecule has 2 aromatic rings. The monoisotopic (exact) mass is 372 g/mol. The van der Waals surface area contributed by atoms with Crippen LogP contribution in [0.2, 0.25) is 0 Å². The summed E-state index contributed by atoms with van der Waals surface area (Å²) in [5.41, 5.74) is 5.78. The number of carbonyl (C=O) groups is 2. The lowest BCUT2D eigenvalue weighted by Crippen LogP contribution is -2.53. The molecule has 142 valence electrons. The van der Waals surface area contributed by atoms with Gasteiger partial charge < -0.3 is 20.9 Å². The smallest absolute Gasteiger partial charge is 0.251 e. The van der Waals surface area contributed by atoms with Crippen LogP contribution in [0.3, 0.4) is 0 Å². The minimum Gasteiger partial charge on any atom is -0.485 e. The molecule has 0 radical (unpaired) electrons. The molecule has 0 saturated carbocycles. The maximum Gasteiger partial charge on any atom is 0.251 e. The fraction of sp³-hybridized carbons (Fsp3) is 0.300. The minimum atomic E-state index is -1.04. The Morgan fingerprint density at radius 3 is 2.52 bits per heavy atom. The summed E-state index contributed by atoms with van der Waals surface area (Å²) in [5, 5.41) is 13.6. The summed E-state index contributed by atoms with van der Waals surface area (Å²) in [7, 11) is 0. The van der Waals surface area contributed by atoms with E-state index < -0.39 is 35.4 Å². The van der Waals surface area contributed by atoms with Crippen LogP contribution >= 0.6 is 0 Å². The molecule has 27 heavy (non-hydrogen) atoms. The first-order valence-corrected chi connectivity index (χ1v) is 8.52. The molecule has 0 aliphatic carbocycles. The zero-order chi connectivity index (χ0) is 19.8. The maximum absolute atomic E-state index is 13.1. The Kier molecular flexibility index (Phi) is 4.89. The van der Waals surface area contributed by atoms with E-state index >= 15 is 0 Å². The maximum atomic E-state index is 13.1. The average Bonchev–Trinajstić information content (AvgIpc) is 2.59. The molecule has 0 fully saturated rings. The third-order valence-electron chi connectivity index (χ3n) is 4.58. The molecule has 3 rings (SSSR count). The van der Waals surface area contributed by atoms with Gasteiger partial charge in [-0.15, -0.1) is 0 Å². The number of amides is 2. The van der Waals surface area contributed by atoms with Crippen LogP contribution in [-0.2, 0) is 11.2 Å². The minimum absolute atomic E-state index is 0.0331. The van der Waals surface area contributed by atoms with Crippen LogP contribution in [0, 0.1) is 5.82 Å². The lowest BCUT2D eigenvalue weighted by Gasteiger charge is -2.42. The molecule has 2 aromatic carbocycles. The fourth-order valence-electron chi connectivity index (χ4n) is 3.14. The van der Waals surface area contributed by atoms with Crippen LogP contribution in [0.4, 0.5) is 4.39 Å². The van der Waals surface area contributed by atoms with Gasteiger partial charge in [-0.3, -0.25) is 9.59 Å². The molecule has 0 spiro atoms. The highest BCUT2D eigenvalue weighted by Crippen LogP contribution is 2.40. The van der Waals surface area contributed by atoms with E-state index in [2.05, 4.69) is 5.32 Å². The molecule has 2 amide bonds. The van der Waals surface area contributed by atoms with Crippen molar-refractivity contribution in [1.29, 1.82) is 0 Å². The second-order valence-corrected chi connectivity index (χ2v) is 7.12. The van der Waals surface area contributed by atoms with Gasteiger partial charge in [0, 0.05) is 11.1 Å². The Bertz CT molecular complexity index is 880. The molecule has 1 aliphatic rings. The summed E-state index contributed by atoms with van der Waals surface area (Å²) in [5.74, 6) is -0.884. The molecule has 2 atom stereocenters. The number of benzene rings is 2. The first-order chi connectivity index (χ1) is 12.7. The Hall–Kier alpha value is -2.93. The van der Waals surface area contributed by atoms with E-state index in [0.29, 0.717) is 16.9 Å². The normalized spacial score (nSPS) is 20.3. The van der Waals surface area contributed by atoms with E-state index in [1.54, 1.807) is 32.0 Å². The van der Waals surface area contributed by atoms with E-state index in [1.807, 2.05) is 0 Å². The van der Waals surface area contributed by atoms with Gasteiger partial charge in [-0.25, -0.2) is 4.39 Å². The van der Waals surface area contributed by atoms with Gasteiger partial charge in [-0.1, -0.05) is 6.07 Å². The summed E-state index contributed by atoms with van der Waals surface area (Å²) in [4.78, 5) is 23.8. The van der Waals surface area contributed by atoms with Crippen molar-refractivity contribution >= 4 is 11.8 Å². The molecular formula is C20H21FN2O4. The highest BCUT2D eigenvalue weighted by Gasteiger charge is 2.43. The topological polar surface area (TPSA) is 102 Å². The van der Waals surface area contributed by atoms with Crippen LogP contribution in [0.15, 0.2) is 42.5 Å². The highest BCUT2D eigenvalue weighted by molar-refractivity contribution is 5.94. The summed E-state index contributed by atoms with van der Waals surface area (Å²) >= 11 is 0. The van der Waals surface area contributed by atoms with Crippen LogP contribution in [0.5, 0.6) is 5.75 Å². The Balaban J connectivity index is 1.96. The summed E-state index contributed by atoms with van der Waals surface area (Å²) in [6, 6.07) is 9.45. The molecule has 6 nitrogen and oxygen atoms in total. The second-order valence-electron chi connectivity index (χ2n) is 7.12. The number of aliphatic hydroxyl groups is 1. The van der Waals surface area contributed by atoms with Gasteiger partial charge in [0.05, 0.1) is 12.5 Å². The molecule has 0 bridgehead atoms. The zero-order valence-corrected chi connectivity index (χ0v) is 15.0. The number of rotatable bonds is 4.